The molecule has 152 valence electrons. The predicted octanol–water partition coefficient (Wildman–Crippen LogP) is 2.90. The van der Waals surface area contributed by atoms with Gasteiger partial charge in [-0.25, -0.2) is 0 Å². The summed E-state index contributed by atoms with van der Waals surface area (Å²) in [7, 11) is 0. The Bertz CT molecular complexity index is 753. The molecule has 3 rings (SSSR count). The first-order valence-electron chi connectivity index (χ1n) is 9.36. The average Bonchev–Trinajstić information content (AvgIpc) is 3.15. The average molecular weight is 395 g/mol. The first-order chi connectivity index (χ1) is 13.2. The first-order valence-corrected chi connectivity index (χ1v) is 9.36. The van der Waals surface area contributed by atoms with Gasteiger partial charge in [0.05, 0.1) is 12.1 Å². The molecule has 2 aliphatic rings. The smallest absolute Gasteiger partial charge is 0.347 e. The van der Waals surface area contributed by atoms with Crippen LogP contribution in [0.3, 0.4) is 0 Å². The number of benzene rings is 1. The minimum absolute atomic E-state index is 0.0445. The third-order valence-electron chi connectivity index (χ3n) is 5.58. The molecule has 3 atom stereocenters. The molecule has 28 heavy (non-hydrogen) atoms. The molecule has 1 aliphatic carbocycles. The summed E-state index contributed by atoms with van der Waals surface area (Å²) < 4.78 is 38.1. The molecule has 0 spiro atoms. The number of halogens is 3. The van der Waals surface area contributed by atoms with Crippen LogP contribution in [0.4, 0.5) is 18.9 Å². The molecule has 2 fully saturated rings. The van der Waals surface area contributed by atoms with Gasteiger partial charge in [-0.05, 0) is 36.5 Å². The van der Waals surface area contributed by atoms with E-state index in [2.05, 4.69) is 29.0 Å². The predicted molar refractivity (Wildman–Crippen MR) is 99.4 cm³/mol. The molecular weight excluding hydrogens is 371 g/mol. The lowest BCUT2D eigenvalue weighted by Gasteiger charge is -2.26. The Morgan fingerprint density at radius 2 is 2.00 bits per heavy atom. The molecule has 1 aliphatic heterocycles. The Hall–Kier alpha value is -2.35. The number of piperidine rings is 1. The second-order valence-corrected chi connectivity index (χ2v) is 7.36. The van der Waals surface area contributed by atoms with Crippen molar-refractivity contribution in [3.63, 3.8) is 0 Å². The maximum Gasteiger partial charge on any atom is 0.416 e. The van der Waals surface area contributed by atoms with Crippen LogP contribution in [0.5, 0.6) is 0 Å². The van der Waals surface area contributed by atoms with Gasteiger partial charge in [-0.2, -0.15) is 13.2 Å². The Labute approximate surface area is 162 Å². The van der Waals surface area contributed by atoms with Crippen LogP contribution < -0.4 is 10.6 Å². The Balaban J connectivity index is 1.44. The highest BCUT2D eigenvalue weighted by Gasteiger charge is 2.59. The van der Waals surface area contributed by atoms with E-state index in [4.69, 9.17) is 0 Å². The fraction of sp³-hybridized carbons (Fsp3) is 0.500. The second kappa shape index (κ2) is 7.95. The maximum absolute atomic E-state index is 12.7. The number of hydrogen-bond donors (Lipinski definition) is 2. The molecule has 0 bridgehead atoms. The highest BCUT2D eigenvalue weighted by atomic mass is 19.4. The number of likely N-dealkylation sites (tertiary alicyclic amines) is 1. The number of rotatable bonds is 7. The van der Waals surface area contributed by atoms with Gasteiger partial charge in [0, 0.05) is 30.7 Å². The molecular formula is C20H24F3N3O2. The van der Waals surface area contributed by atoms with E-state index in [1.54, 1.807) is 0 Å². The number of fused-ring (bicyclic) bond motifs is 1. The Morgan fingerprint density at radius 3 is 2.57 bits per heavy atom. The summed E-state index contributed by atoms with van der Waals surface area (Å²) in [5.74, 6) is -0.195. The number of amides is 2. The van der Waals surface area contributed by atoms with Crippen molar-refractivity contribution in [2.24, 2.45) is 17.8 Å². The zero-order chi connectivity index (χ0) is 20.5. The number of nitrogens with one attached hydrogen (secondary N) is 2. The third kappa shape index (κ3) is 4.38. The lowest BCUT2D eigenvalue weighted by molar-refractivity contribution is -0.137. The fourth-order valence-electron chi connectivity index (χ4n) is 4.06. The highest BCUT2D eigenvalue weighted by molar-refractivity contribution is 5.95. The van der Waals surface area contributed by atoms with Gasteiger partial charge in [0.15, 0.2) is 0 Å². The van der Waals surface area contributed by atoms with Crippen molar-refractivity contribution < 1.29 is 22.8 Å². The van der Waals surface area contributed by atoms with E-state index in [1.165, 1.54) is 12.1 Å². The zero-order valence-electron chi connectivity index (χ0n) is 15.6. The SMILES string of the molecule is C=CC(CC)N1CC2C(C1)C2C(=O)NCC(=O)Nc1cccc(C(F)(F)F)c1. The molecule has 5 nitrogen and oxygen atoms in total. The van der Waals surface area contributed by atoms with Gasteiger partial charge in [-0.1, -0.05) is 19.1 Å². The van der Waals surface area contributed by atoms with Crippen molar-refractivity contribution >= 4 is 17.5 Å². The van der Waals surface area contributed by atoms with Crippen LogP contribution in [0.1, 0.15) is 18.9 Å². The third-order valence-corrected chi connectivity index (χ3v) is 5.58. The van der Waals surface area contributed by atoms with E-state index in [0.717, 1.165) is 31.6 Å². The van der Waals surface area contributed by atoms with Crippen LogP contribution in [0.15, 0.2) is 36.9 Å². The normalized spacial score (nSPS) is 24.9. The van der Waals surface area contributed by atoms with Crippen LogP contribution in [0.2, 0.25) is 0 Å². The Kier molecular flexibility index (Phi) is 5.79. The molecule has 1 saturated heterocycles. The summed E-state index contributed by atoms with van der Waals surface area (Å²) in [6.45, 7) is 7.38. The second-order valence-electron chi connectivity index (χ2n) is 7.36. The van der Waals surface area contributed by atoms with Crippen molar-refractivity contribution in [1.82, 2.24) is 10.2 Å². The molecule has 2 N–H and O–H groups in total. The molecule has 1 aromatic rings. The van der Waals surface area contributed by atoms with E-state index >= 15 is 0 Å². The van der Waals surface area contributed by atoms with Crippen LogP contribution in [-0.4, -0.2) is 42.4 Å². The zero-order valence-corrected chi connectivity index (χ0v) is 15.6. The monoisotopic (exact) mass is 395 g/mol. The van der Waals surface area contributed by atoms with E-state index in [1.807, 2.05) is 6.08 Å². The number of nitrogens with zero attached hydrogens (tertiary/aromatic N) is 1. The van der Waals surface area contributed by atoms with Crippen molar-refractivity contribution in [3.05, 3.63) is 42.5 Å². The van der Waals surface area contributed by atoms with Gasteiger partial charge in [0.1, 0.15) is 0 Å². The van der Waals surface area contributed by atoms with Gasteiger partial charge in [-0.15, -0.1) is 6.58 Å². The standard InChI is InChI=1S/C20H24F3N3O2/c1-3-14(4-2)26-10-15-16(11-26)18(15)19(28)24-9-17(27)25-13-7-5-6-12(8-13)20(21,22)23/h3,5-8,14-16,18H,1,4,9-11H2,2H3,(H,24,28)(H,25,27). The van der Waals surface area contributed by atoms with E-state index < -0.39 is 17.6 Å². The number of anilines is 1. The lowest BCUT2D eigenvalue weighted by Crippen LogP contribution is -2.38. The summed E-state index contributed by atoms with van der Waals surface area (Å²) in [4.78, 5) is 26.6. The molecule has 1 aromatic carbocycles. The molecule has 1 heterocycles. The molecule has 0 aromatic heterocycles. The van der Waals surface area contributed by atoms with Crippen molar-refractivity contribution in [2.75, 3.05) is 25.0 Å². The highest BCUT2D eigenvalue weighted by Crippen LogP contribution is 2.52. The van der Waals surface area contributed by atoms with Crippen molar-refractivity contribution in [1.29, 1.82) is 0 Å². The number of carbonyl (C=O) groups is 2. The van der Waals surface area contributed by atoms with Crippen LogP contribution >= 0.6 is 0 Å². The largest absolute Gasteiger partial charge is 0.416 e. The fourth-order valence-corrected chi connectivity index (χ4v) is 4.06. The molecule has 1 saturated carbocycles. The van der Waals surface area contributed by atoms with Gasteiger partial charge < -0.3 is 10.6 Å². The van der Waals surface area contributed by atoms with Crippen molar-refractivity contribution in [3.8, 4) is 0 Å². The first kappa shape index (κ1) is 20.4. The van der Waals surface area contributed by atoms with Crippen molar-refractivity contribution in [2.45, 2.75) is 25.6 Å². The molecule has 2 amide bonds. The summed E-state index contributed by atoms with van der Waals surface area (Å²) >= 11 is 0. The summed E-state index contributed by atoms with van der Waals surface area (Å²) in [5.41, 5.74) is -0.794. The Morgan fingerprint density at radius 1 is 1.32 bits per heavy atom. The van der Waals surface area contributed by atoms with Gasteiger partial charge >= 0.3 is 6.18 Å². The van der Waals surface area contributed by atoms with Crippen LogP contribution in [-0.2, 0) is 15.8 Å². The maximum atomic E-state index is 12.7. The minimum atomic E-state index is -4.48. The minimum Gasteiger partial charge on any atom is -0.347 e. The van der Waals surface area contributed by atoms with Gasteiger partial charge in [0.25, 0.3) is 0 Å². The summed E-state index contributed by atoms with van der Waals surface area (Å²) in [5, 5.41) is 4.98. The number of carbonyl (C=O) groups excluding carboxylic acids is 2. The van der Waals surface area contributed by atoms with Crippen LogP contribution in [0, 0.1) is 17.8 Å². The molecule has 0 radical (unpaired) electrons. The van der Waals surface area contributed by atoms with E-state index in [9.17, 15) is 22.8 Å². The quantitative estimate of drug-likeness (QED) is 0.698. The lowest BCUT2D eigenvalue weighted by atomic mass is 10.1. The molecule has 8 heteroatoms. The summed E-state index contributed by atoms with van der Waals surface area (Å²) in [6.07, 6.45) is -1.57. The number of hydrogen-bond acceptors (Lipinski definition) is 3. The van der Waals surface area contributed by atoms with E-state index in [0.29, 0.717) is 17.9 Å². The summed E-state index contributed by atoms with van der Waals surface area (Å²) in [6, 6.07) is 4.72. The molecule has 3 unspecified atom stereocenters. The van der Waals surface area contributed by atoms with E-state index in [-0.39, 0.29) is 24.1 Å². The number of alkyl halides is 3. The van der Waals surface area contributed by atoms with Gasteiger partial charge in [0.2, 0.25) is 11.8 Å². The van der Waals surface area contributed by atoms with Gasteiger partial charge in [-0.3, -0.25) is 14.5 Å². The van der Waals surface area contributed by atoms with Crippen LogP contribution in [0.25, 0.3) is 0 Å². The topological polar surface area (TPSA) is 61.4 Å².